The fourth-order valence-electron chi connectivity index (χ4n) is 0.685. The summed E-state index contributed by atoms with van der Waals surface area (Å²) in [7, 11) is 1.23. The normalized spacial score (nSPS) is 9.50. The molecule has 0 aromatic carbocycles. The van der Waals surface area contributed by atoms with Crippen molar-refractivity contribution in [1.82, 2.24) is 4.98 Å². The summed E-state index contributed by atoms with van der Waals surface area (Å²) in [5.74, 6) is -0.594. The van der Waals surface area contributed by atoms with Crippen molar-refractivity contribution in [3.05, 3.63) is 33.2 Å². The average Bonchev–Trinajstić information content (AvgIpc) is 2.08. The zero-order valence-corrected chi connectivity index (χ0v) is 7.01. The number of hydrogen-bond donors (Lipinski definition) is 1. The Kier molecular flexibility index (Phi) is 2.50. The molecule has 0 spiro atoms. The minimum absolute atomic E-state index is 0.0441. The second-order valence-electron chi connectivity index (χ2n) is 2.04. The van der Waals surface area contributed by atoms with Gasteiger partial charge in [0, 0.05) is 0 Å². The van der Waals surface area contributed by atoms with Gasteiger partial charge in [-0.1, -0.05) is 11.6 Å². The van der Waals surface area contributed by atoms with E-state index in [0.29, 0.717) is 0 Å². The van der Waals surface area contributed by atoms with Crippen LogP contribution in [-0.2, 0) is 4.74 Å². The van der Waals surface area contributed by atoms with E-state index in [9.17, 15) is 9.59 Å². The first-order valence-electron chi connectivity index (χ1n) is 3.12. The number of pyridine rings is 1. The second-order valence-corrected chi connectivity index (χ2v) is 2.45. The maximum Gasteiger partial charge on any atom is 0.354 e. The van der Waals surface area contributed by atoms with Gasteiger partial charge in [0.25, 0.3) is 5.56 Å². The quantitative estimate of drug-likeness (QED) is 0.662. The number of carbonyl (C=O) groups is 1. The number of ether oxygens (including phenoxy) is 1. The highest BCUT2D eigenvalue weighted by atomic mass is 35.5. The van der Waals surface area contributed by atoms with Gasteiger partial charge in [0.1, 0.15) is 10.7 Å². The zero-order valence-electron chi connectivity index (χ0n) is 6.26. The lowest BCUT2D eigenvalue weighted by atomic mass is 10.3. The number of hydrogen-bond acceptors (Lipinski definition) is 3. The largest absolute Gasteiger partial charge is 0.464 e. The second kappa shape index (κ2) is 3.40. The number of aromatic amines is 1. The molecule has 0 atom stereocenters. The van der Waals surface area contributed by atoms with Crippen molar-refractivity contribution < 1.29 is 9.53 Å². The third-order valence-electron chi connectivity index (χ3n) is 1.27. The standard InChI is InChI=1S/C7H6ClNO3/c1-12-7(11)5-3-2-4(8)6(10)9-5/h2-3H,1H3,(H,9,10). The number of halogens is 1. The maximum atomic E-state index is 10.9. The lowest BCUT2D eigenvalue weighted by molar-refractivity contribution is 0.0593. The molecule has 0 radical (unpaired) electrons. The third-order valence-corrected chi connectivity index (χ3v) is 1.56. The van der Waals surface area contributed by atoms with Crippen LogP contribution in [0.25, 0.3) is 0 Å². The minimum atomic E-state index is -0.594. The minimum Gasteiger partial charge on any atom is -0.464 e. The van der Waals surface area contributed by atoms with Crippen LogP contribution in [0.3, 0.4) is 0 Å². The molecule has 4 nitrogen and oxygen atoms in total. The van der Waals surface area contributed by atoms with E-state index >= 15 is 0 Å². The molecule has 0 aliphatic heterocycles. The number of H-pyrrole nitrogens is 1. The summed E-state index contributed by atoms with van der Waals surface area (Å²) in [4.78, 5) is 24.0. The van der Waals surface area contributed by atoms with Gasteiger partial charge in [-0.25, -0.2) is 4.79 Å². The van der Waals surface area contributed by atoms with Gasteiger partial charge in [0.2, 0.25) is 0 Å². The number of rotatable bonds is 1. The summed E-state index contributed by atoms with van der Waals surface area (Å²) in [5.41, 5.74) is -0.411. The summed E-state index contributed by atoms with van der Waals surface area (Å²) in [5, 5.41) is 0.0441. The van der Waals surface area contributed by atoms with Crippen molar-refractivity contribution in [2.45, 2.75) is 0 Å². The Labute approximate surface area is 73.1 Å². The van der Waals surface area contributed by atoms with Crippen LogP contribution in [0.15, 0.2) is 16.9 Å². The van der Waals surface area contributed by atoms with Gasteiger partial charge in [-0.15, -0.1) is 0 Å². The highest BCUT2D eigenvalue weighted by molar-refractivity contribution is 6.30. The molecular formula is C7H6ClNO3. The van der Waals surface area contributed by atoms with Crippen molar-refractivity contribution in [2.75, 3.05) is 7.11 Å². The Bertz CT molecular complexity index is 358. The van der Waals surface area contributed by atoms with Crippen LogP contribution in [0, 0.1) is 0 Å². The van der Waals surface area contributed by atoms with Crippen molar-refractivity contribution in [2.24, 2.45) is 0 Å². The number of methoxy groups -OCH3 is 1. The molecule has 0 aliphatic carbocycles. The molecule has 0 fully saturated rings. The van der Waals surface area contributed by atoms with E-state index in [1.165, 1.54) is 19.2 Å². The van der Waals surface area contributed by atoms with E-state index in [1.807, 2.05) is 0 Å². The van der Waals surface area contributed by atoms with E-state index in [-0.39, 0.29) is 10.7 Å². The Hall–Kier alpha value is -1.29. The first-order valence-corrected chi connectivity index (χ1v) is 3.50. The van der Waals surface area contributed by atoms with Gasteiger partial charge in [0.15, 0.2) is 0 Å². The van der Waals surface area contributed by atoms with E-state index < -0.39 is 11.5 Å². The maximum absolute atomic E-state index is 10.9. The van der Waals surface area contributed by atoms with Crippen LogP contribution in [0.2, 0.25) is 5.02 Å². The van der Waals surface area contributed by atoms with Gasteiger partial charge in [-0.2, -0.15) is 0 Å². The molecule has 5 heteroatoms. The van der Waals surface area contributed by atoms with Gasteiger partial charge in [0.05, 0.1) is 7.11 Å². The molecule has 0 saturated carbocycles. The van der Waals surface area contributed by atoms with Crippen molar-refractivity contribution >= 4 is 17.6 Å². The number of aromatic nitrogens is 1. The monoisotopic (exact) mass is 187 g/mol. The Morgan fingerprint density at radius 2 is 2.25 bits per heavy atom. The topological polar surface area (TPSA) is 59.2 Å². The molecule has 0 amide bonds. The lowest BCUT2D eigenvalue weighted by Crippen LogP contribution is -2.13. The third kappa shape index (κ3) is 1.65. The fraction of sp³-hybridized carbons (Fsp3) is 0.143. The van der Waals surface area contributed by atoms with Crippen LogP contribution in [0.4, 0.5) is 0 Å². The first kappa shape index (κ1) is 8.80. The number of esters is 1. The van der Waals surface area contributed by atoms with Gasteiger partial charge < -0.3 is 9.72 Å². The molecular weight excluding hydrogens is 182 g/mol. The van der Waals surface area contributed by atoms with Crippen LogP contribution < -0.4 is 5.56 Å². The summed E-state index contributed by atoms with van der Waals surface area (Å²) < 4.78 is 4.38. The predicted octanol–water partition coefficient (Wildman–Crippen LogP) is 0.815. The van der Waals surface area contributed by atoms with E-state index in [4.69, 9.17) is 11.6 Å². The SMILES string of the molecule is COC(=O)c1ccc(Cl)c(=O)[nH]1. The molecule has 0 unspecified atom stereocenters. The molecule has 12 heavy (non-hydrogen) atoms. The van der Waals surface area contributed by atoms with Crippen LogP contribution in [0.1, 0.15) is 10.5 Å². The van der Waals surface area contributed by atoms with E-state index in [0.717, 1.165) is 0 Å². The van der Waals surface area contributed by atoms with Crippen molar-refractivity contribution in [1.29, 1.82) is 0 Å². The summed E-state index contributed by atoms with van der Waals surface area (Å²) in [6.45, 7) is 0. The molecule has 64 valence electrons. The van der Waals surface area contributed by atoms with Crippen LogP contribution >= 0.6 is 11.6 Å². The summed E-state index contributed by atoms with van der Waals surface area (Å²) in [6, 6.07) is 2.72. The van der Waals surface area contributed by atoms with Crippen molar-refractivity contribution in [3.63, 3.8) is 0 Å². The van der Waals surface area contributed by atoms with Crippen LogP contribution in [0.5, 0.6) is 0 Å². The molecule has 0 saturated heterocycles. The smallest absolute Gasteiger partial charge is 0.354 e. The summed E-state index contributed by atoms with van der Waals surface area (Å²) >= 11 is 5.43. The molecule has 1 aromatic rings. The average molecular weight is 188 g/mol. The van der Waals surface area contributed by atoms with Gasteiger partial charge in [-0.05, 0) is 12.1 Å². The molecule has 1 N–H and O–H groups in total. The summed E-state index contributed by atoms with van der Waals surface area (Å²) in [6.07, 6.45) is 0. The Morgan fingerprint density at radius 1 is 1.58 bits per heavy atom. The molecule has 1 rings (SSSR count). The highest BCUT2D eigenvalue weighted by Crippen LogP contribution is 2.01. The zero-order chi connectivity index (χ0) is 9.14. The van der Waals surface area contributed by atoms with Gasteiger partial charge in [-0.3, -0.25) is 4.79 Å². The fourth-order valence-corrected chi connectivity index (χ4v) is 0.795. The number of carbonyl (C=O) groups excluding carboxylic acids is 1. The van der Waals surface area contributed by atoms with E-state index in [1.54, 1.807) is 0 Å². The van der Waals surface area contributed by atoms with Crippen molar-refractivity contribution in [3.8, 4) is 0 Å². The van der Waals surface area contributed by atoms with Gasteiger partial charge >= 0.3 is 5.97 Å². The highest BCUT2D eigenvalue weighted by Gasteiger charge is 2.06. The number of nitrogens with one attached hydrogen (secondary N) is 1. The van der Waals surface area contributed by atoms with Crippen LogP contribution in [-0.4, -0.2) is 18.1 Å². The Morgan fingerprint density at radius 3 is 2.75 bits per heavy atom. The predicted molar refractivity (Wildman–Crippen MR) is 43.4 cm³/mol. The molecule has 0 aliphatic rings. The molecule has 0 bridgehead atoms. The molecule has 1 heterocycles. The molecule has 1 aromatic heterocycles. The Balaban J connectivity index is 3.13. The van der Waals surface area contributed by atoms with E-state index in [2.05, 4.69) is 9.72 Å². The lowest BCUT2D eigenvalue weighted by Gasteiger charge is -1.97. The first-order chi connectivity index (χ1) is 5.65.